The van der Waals surface area contributed by atoms with Gasteiger partial charge in [-0.2, -0.15) is 0 Å². The molecule has 0 aromatic carbocycles. The normalized spacial score (nSPS) is 24.7. The summed E-state index contributed by atoms with van der Waals surface area (Å²) < 4.78 is 0. The molecule has 0 aromatic heterocycles. The molecule has 0 unspecified atom stereocenters. The Morgan fingerprint density at radius 2 is 2.07 bits per heavy atom. The lowest BCUT2D eigenvalue weighted by Crippen LogP contribution is -2.00. The molecule has 0 bridgehead atoms. The zero-order chi connectivity index (χ0) is 10.2. The van der Waals surface area contributed by atoms with E-state index in [2.05, 4.69) is 13.0 Å². The molecule has 0 heterocycles. The summed E-state index contributed by atoms with van der Waals surface area (Å²) >= 11 is 0. The Balaban J connectivity index is 2.02. The van der Waals surface area contributed by atoms with Crippen LogP contribution in [0.4, 0.5) is 0 Å². The molecule has 0 amide bonds. The van der Waals surface area contributed by atoms with Gasteiger partial charge in [-0.3, -0.25) is 0 Å². The van der Waals surface area contributed by atoms with Crippen LogP contribution in [0.2, 0.25) is 0 Å². The molecule has 0 saturated heterocycles. The SMILES string of the molecule is CCCCCCC/C=C1\CCC[C@H]1O. The first-order valence-electron chi connectivity index (χ1n) is 6.21. The summed E-state index contributed by atoms with van der Waals surface area (Å²) in [6.45, 7) is 2.25. The van der Waals surface area contributed by atoms with E-state index in [-0.39, 0.29) is 6.10 Å². The van der Waals surface area contributed by atoms with E-state index in [0.29, 0.717) is 0 Å². The molecule has 1 rings (SSSR count). The summed E-state index contributed by atoms with van der Waals surface area (Å²) in [5, 5.41) is 9.56. The summed E-state index contributed by atoms with van der Waals surface area (Å²) in [7, 11) is 0. The summed E-state index contributed by atoms with van der Waals surface area (Å²) in [5.74, 6) is 0. The van der Waals surface area contributed by atoms with E-state index in [9.17, 15) is 5.11 Å². The van der Waals surface area contributed by atoms with Crippen molar-refractivity contribution in [3.63, 3.8) is 0 Å². The van der Waals surface area contributed by atoms with Crippen molar-refractivity contribution in [2.45, 2.75) is 70.8 Å². The minimum Gasteiger partial charge on any atom is -0.389 e. The van der Waals surface area contributed by atoms with Crippen LogP contribution in [0, 0.1) is 0 Å². The molecular formula is C13H24O. The average molecular weight is 196 g/mol. The quantitative estimate of drug-likeness (QED) is 0.506. The smallest absolute Gasteiger partial charge is 0.0750 e. The molecule has 82 valence electrons. The fourth-order valence-electron chi connectivity index (χ4n) is 2.12. The van der Waals surface area contributed by atoms with E-state index in [1.165, 1.54) is 50.5 Å². The third-order valence-electron chi connectivity index (χ3n) is 3.09. The third-order valence-corrected chi connectivity index (χ3v) is 3.09. The maximum atomic E-state index is 9.56. The molecule has 1 atom stereocenters. The van der Waals surface area contributed by atoms with Crippen LogP contribution in [-0.4, -0.2) is 11.2 Å². The number of aliphatic hydroxyl groups is 1. The predicted octanol–water partition coefficient (Wildman–Crippen LogP) is 3.82. The first-order chi connectivity index (χ1) is 6.84. The Labute approximate surface area is 88.2 Å². The second kappa shape index (κ2) is 7.05. The molecule has 1 N–H and O–H groups in total. The van der Waals surface area contributed by atoms with Gasteiger partial charge in [0.15, 0.2) is 0 Å². The Morgan fingerprint density at radius 1 is 1.29 bits per heavy atom. The number of hydrogen-bond donors (Lipinski definition) is 1. The van der Waals surface area contributed by atoms with Gasteiger partial charge < -0.3 is 5.11 Å². The summed E-state index contributed by atoms with van der Waals surface area (Å²) in [4.78, 5) is 0. The molecule has 1 aliphatic rings. The van der Waals surface area contributed by atoms with Gasteiger partial charge in [0.2, 0.25) is 0 Å². The van der Waals surface area contributed by atoms with Gasteiger partial charge in [-0.15, -0.1) is 0 Å². The fourth-order valence-corrected chi connectivity index (χ4v) is 2.12. The summed E-state index contributed by atoms with van der Waals surface area (Å²) in [5.41, 5.74) is 1.31. The monoisotopic (exact) mass is 196 g/mol. The standard InChI is InChI=1S/C13H24O/c1-2-3-4-5-6-7-9-12-10-8-11-13(12)14/h9,13-14H,2-8,10-11H2,1H3/b12-9+/t13-/m1/s1. The molecule has 1 fully saturated rings. The minimum atomic E-state index is -0.106. The van der Waals surface area contributed by atoms with Gasteiger partial charge in [0.05, 0.1) is 6.10 Å². The van der Waals surface area contributed by atoms with Gasteiger partial charge in [-0.1, -0.05) is 38.7 Å². The van der Waals surface area contributed by atoms with Crippen LogP contribution in [0.5, 0.6) is 0 Å². The van der Waals surface area contributed by atoms with Gasteiger partial charge in [-0.05, 0) is 37.7 Å². The molecule has 0 aliphatic heterocycles. The molecule has 1 aliphatic carbocycles. The van der Waals surface area contributed by atoms with E-state index >= 15 is 0 Å². The van der Waals surface area contributed by atoms with Gasteiger partial charge in [0.1, 0.15) is 0 Å². The van der Waals surface area contributed by atoms with Crippen LogP contribution < -0.4 is 0 Å². The number of hydrogen-bond acceptors (Lipinski definition) is 1. The Morgan fingerprint density at radius 3 is 2.71 bits per heavy atom. The van der Waals surface area contributed by atoms with Crippen molar-refractivity contribution in [3.8, 4) is 0 Å². The second-order valence-electron chi connectivity index (χ2n) is 4.39. The molecule has 1 heteroatoms. The summed E-state index contributed by atoms with van der Waals surface area (Å²) in [6, 6.07) is 0. The highest BCUT2D eigenvalue weighted by molar-refractivity contribution is 5.12. The largest absolute Gasteiger partial charge is 0.389 e. The van der Waals surface area contributed by atoms with Gasteiger partial charge in [-0.25, -0.2) is 0 Å². The molecule has 14 heavy (non-hydrogen) atoms. The van der Waals surface area contributed by atoms with Gasteiger partial charge >= 0.3 is 0 Å². The lowest BCUT2D eigenvalue weighted by atomic mass is 10.1. The van der Waals surface area contributed by atoms with Crippen LogP contribution >= 0.6 is 0 Å². The highest BCUT2D eigenvalue weighted by atomic mass is 16.3. The highest BCUT2D eigenvalue weighted by Crippen LogP contribution is 2.25. The second-order valence-corrected chi connectivity index (χ2v) is 4.39. The maximum absolute atomic E-state index is 9.56. The first-order valence-corrected chi connectivity index (χ1v) is 6.21. The molecule has 0 radical (unpaired) electrons. The van der Waals surface area contributed by atoms with E-state index in [1.807, 2.05) is 0 Å². The van der Waals surface area contributed by atoms with Crippen LogP contribution in [0.15, 0.2) is 11.6 Å². The Hall–Kier alpha value is -0.300. The maximum Gasteiger partial charge on any atom is 0.0750 e. The molecule has 0 spiro atoms. The first kappa shape index (κ1) is 11.8. The van der Waals surface area contributed by atoms with Crippen LogP contribution in [0.1, 0.15) is 64.7 Å². The number of unbranched alkanes of at least 4 members (excludes halogenated alkanes) is 5. The van der Waals surface area contributed by atoms with Crippen molar-refractivity contribution in [2.75, 3.05) is 0 Å². The average Bonchev–Trinajstić information content (AvgIpc) is 2.58. The van der Waals surface area contributed by atoms with Crippen molar-refractivity contribution in [1.29, 1.82) is 0 Å². The minimum absolute atomic E-state index is 0.106. The van der Waals surface area contributed by atoms with E-state index in [1.54, 1.807) is 0 Å². The van der Waals surface area contributed by atoms with Crippen molar-refractivity contribution >= 4 is 0 Å². The zero-order valence-corrected chi connectivity index (χ0v) is 9.47. The van der Waals surface area contributed by atoms with Crippen molar-refractivity contribution in [3.05, 3.63) is 11.6 Å². The topological polar surface area (TPSA) is 20.2 Å². The third kappa shape index (κ3) is 4.28. The van der Waals surface area contributed by atoms with Crippen LogP contribution in [0.3, 0.4) is 0 Å². The summed E-state index contributed by atoms with van der Waals surface area (Å²) in [6.07, 6.45) is 13.4. The van der Waals surface area contributed by atoms with Crippen molar-refractivity contribution in [2.24, 2.45) is 0 Å². The number of allylic oxidation sites excluding steroid dienone is 1. The molecule has 0 aromatic rings. The van der Waals surface area contributed by atoms with Crippen LogP contribution in [-0.2, 0) is 0 Å². The fraction of sp³-hybridized carbons (Fsp3) is 0.846. The lowest BCUT2D eigenvalue weighted by molar-refractivity contribution is 0.217. The highest BCUT2D eigenvalue weighted by Gasteiger charge is 2.16. The molecule has 1 saturated carbocycles. The van der Waals surface area contributed by atoms with E-state index in [0.717, 1.165) is 12.8 Å². The Kier molecular flexibility index (Phi) is 5.93. The number of rotatable bonds is 6. The predicted molar refractivity (Wildman–Crippen MR) is 61.3 cm³/mol. The Bertz CT molecular complexity index is 172. The molecular weight excluding hydrogens is 172 g/mol. The van der Waals surface area contributed by atoms with E-state index in [4.69, 9.17) is 0 Å². The lowest BCUT2D eigenvalue weighted by Gasteiger charge is -2.03. The van der Waals surface area contributed by atoms with Crippen molar-refractivity contribution in [1.82, 2.24) is 0 Å². The van der Waals surface area contributed by atoms with Gasteiger partial charge in [0, 0.05) is 0 Å². The van der Waals surface area contributed by atoms with Crippen molar-refractivity contribution < 1.29 is 5.11 Å². The molecule has 1 nitrogen and oxygen atoms in total. The number of aliphatic hydroxyl groups excluding tert-OH is 1. The van der Waals surface area contributed by atoms with Gasteiger partial charge in [0.25, 0.3) is 0 Å². The zero-order valence-electron chi connectivity index (χ0n) is 9.47. The van der Waals surface area contributed by atoms with Crippen LogP contribution in [0.25, 0.3) is 0 Å². The van der Waals surface area contributed by atoms with E-state index < -0.39 is 0 Å².